The van der Waals surface area contributed by atoms with Gasteiger partial charge in [-0.3, -0.25) is 4.79 Å². The zero-order chi connectivity index (χ0) is 11.7. The number of nitrogens with one attached hydrogen (secondary N) is 1. The minimum atomic E-state index is -0.873. The molecule has 5 nitrogen and oxygen atoms in total. The van der Waals surface area contributed by atoms with E-state index < -0.39 is 5.97 Å². The number of pyridine rings is 1. The van der Waals surface area contributed by atoms with Crippen molar-refractivity contribution in [3.63, 3.8) is 0 Å². The van der Waals surface area contributed by atoms with Crippen molar-refractivity contribution in [2.24, 2.45) is 0 Å². The Bertz CT molecular complexity index is 545. The van der Waals surface area contributed by atoms with Gasteiger partial charge in [0, 0.05) is 17.3 Å². The highest BCUT2D eigenvalue weighted by atomic mass is 16.5. The molecule has 0 spiro atoms. The average molecular weight is 220 g/mol. The smallest absolute Gasteiger partial charge is 0.307 e. The molecule has 0 bridgehead atoms. The molecular formula is C11H12N2O3. The Labute approximate surface area is 92.1 Å². The molecule has 2 heterocycles. The number of methoxy groups -OCH3 is 1. The quantitative estimate of drug-likeness (QED) is 0.822. The number of H-pyrrole nitrogens is 1. The van der Waals surface area contributed by atoms with Crippen molar-refractivity contribution in [1.29, 1.82) is 0 Å². The average Bonchev–Trinajstić information content (AvgIpc) is 2.59. The van der Waals surface area contributed by atoms with Crippen molar-refractivity contribution in [1.82, 2.24) is 9.97 Å². The highest BCUT2D eigenvalue weighted by Crippen LogP contribution is 2.23. The fraction of sp³-hybridized carbons (Fsp3) is 0.273. The molecule has 0 radical (unpaired) electrons. The molecule has 0 saturated heterocycles. The molecule has 0 aromatic carbocycles. The third-order valence-corrected chi connectivity index (χ3v) is 2.41. The van der Waals surface area contributed by atoms with E-state index in [1.165, 1.54) is 0 Å². The summed E-state index contributed by atoms with van der Waals surface area (Å²) in [5.41, 5.74) is 3.07. The van der Waals surface area contributed by atoms with Gasteiger partial charge in [0.2, 0.25) is 5.88 Å². The van der Waals surface area contributed by atoms with Crippen LogP contribution in [0.3, 0.4) is 0 Å². The number of aliphatic carboxylic acids is 1. The van der Waals surface area contributed by atoms with Gasteiger partial charge >= 0.3 is 5.97 Å². The van der Waals surface area contributed by atoms with Gasteiger partial charge in [0.15, 0.2) is 0 Å². The lowest BCUT2D eigenvalue weighted by Gasteiger charge is -2.03. The third-order valence-electron chi connectivity index (χ3n) is 2.41. The lowest BCUT2D eigenvalue weighted by atomic mass is 10.2. The molecule has 0 saturated carbocycles. The van der Waals surface area contributed by atoms with Gasteiger partial charge < -0.3 is 14.8 Å². The van der Waals surface area contributed by atoms with Crippen LogP contribution < -0.4 is 4.74 Å². The normalized spacial score (nSPS) is 10.6. The number of fused-ring (bicyclic) bond motifs is 1. The van der Waals surface area contributed by atoms with Crippen molar-refractivity contribution in [2.75, 3.05) is 7.11 Å². The minimum absolute atomic E-state index is 0.0424. The van der Waals surface area contributed by atoms with Gasteiger partial charge in [-0.2, -0.15) is 0 Å². The first-order valence-corrected chi connectivity index (χ1v) is 4.85. The zero-order valence-corrected chi connectivity index (χ0v) is 9.07. The number of hydrogen-bond acceptors (Lipinski definition) is 3. The van der Waals surface area contributed by atoms with Crippen LogP contribution in [0.4, 0.5) is 0 Å². The Kier molecular flexibility index (Phi) is 2.52. The second kappa shape index (κ2) is 3.84. The Morgan fingerprint density at radius 2 is 2.38 bits per heavy atom. The molecule has 0 fully saturated rings. The molecule has 84 valence electrons. The molecule has 0 aliphatic rings. The van der Waals surface area contributed by atoms with Crippen LogP contribution in [0.15, 0.2) is 12.3 Å². The second-order valence-electron chi connectivity index (χ2n) is 3.60. The monoisotopic (exact) mass is 220 g/mol. The summed E-state index contributed by atoms with van der Waals surface area (Å²) >= 11 is 0. The summed E-state index contributed by atoms with van der Waals surface area (Å²) in [7, 11) is 1.55. The van der Waals surface area contributed by atoms with Gasteiger partial charge in [-0.1, -0.05) is 0 Å². The number of carboxylic acid groups (broad SMARTS) is 1. The molecule has 16 heavy (non-hydrogen) atoms. The highest BCUT2D eigenvalue weighted by molar-refractivity contribution is 5.84. The molecule has 0 aliphatic carbocycles. The number of carbonyl (C=O) groups is 1. The summed E-state index contributed by atoms with van der Waals surface area (Å²) in [5.74, 6) is -0.346. The van der Waals surface area contributed by atoms with E-state index in [9.17, 15) is 4.79 Å². The molecular weight excluding hydrogens is 208 g/mol. The van der Waals surface area contributed by atoms with Crippen molar-refractivity contribution in [3.05, 3.63) is 23.4 Å². The molecule has 0 atom stereocenters. The van der Waals surface area contributed by atoms with Gasteiger partial charge in [0.1, 0.15) is 0 Å². The fourth-order valence-corrected chi connectivity index (χ4v) is 1.69. The van der Waals surface area contributed by atoms with Gasteiger partial charge in [-0.25, -0.2) is 4.98 Å². The summed E-state index contributed by atoms with van der Waals surface area (Å²) in [6, 6.07) is 1.90. The first-order valence-electron chi connectivity index (χ1n) is 4.85. The summed E-state index contributed by atoms with van der Waals surface area (Å²) in [5, 5.41) is 8.75. The number of carboxylic acids is 1. The van der Waals surface area contributed by atoms with E-state index in [1.807, 2.05) is 13.0 Å². The zero-order valence-electron chi connectivity index (χ0n) is 9.07. The SMILES string of the molecule is COc1nc2c(CC(=O)O)c[nH]c2cc1C. The largest absolute Gasteiger partial charge is 0.481 e. The maximum atomic E-state index is 10.7. The number of aromatic amines is 1. The Hall–Kier alpha value is -2.04. The lowest BCUT2D eigenvalue weighted by Crippen LogP contribution is -2.00. The van der Waals surface area contributed by atoms with Gasteiger partial charge in [-0.05, 0) is 13.0 Å². The molecule has 2 aromatic rings. The van der Waals surface area contributed by atoms with Gasteiger partial charge in [-0.15, -0.1) is 0 Å². The second-order valence-corrected chi connectivity index (χ2v) is 3.60. The molecule has 5 heteroatoms. The van der Waals surface area contributed by atoms with E-state index >= 15 is 0 Å². The van der Waals surface area contributed by atoms with Crippen molar-refractivity contribution >= 4 is 17.0 Å². The summed E-state index contributed by atoms with van der Waals surface area (Å²) in [6.07, 6.45) is 1.63. The third kappa shape index (κ3) is 1.71. The van der Waals surface area contributed by atoms with Crippen LogP contribution in [-0.2, 0) is 11.2 Å². The maximum Gasteiger partial charge on any atom is 0.307 e. The van der Waals surface area contributed by atoms with E-state index in [-0.39, 0.29) is 6.42 Å². The van der Waals surface area contributed by atoms with Crippen LogP contribution in [0.1, 0.15) is 11.1 Å². The minimum Gasteiger partial charge on any atom is -0.481 e. The van der Waals surface area contributed by atoms with Crippen molar-refractivity contribution in [2.45, 2.75) is 13.3 Å². The van der Waals surface area contributed by atoms with Crippen LogP contribution in [0.2, 0.25) is 0 Å². The number of aromatic nitrogens is 2. The lowest BCUT2D eigenvalue weighted by molar-refractivity contribution is -0.136. The van der Waals surface area contributed by atoms with E-state index in [1.54, 1.807) is 13.3 Å². The summed E-state index contributed by atoms with van der Waals surface area (Å²) in [4.78, 5) is 18.0. The van der Waals surface area contributed by atoms with Crippen molar-refractivity contribution < 1.29 is 14.6 Å². The van der Waals surface area contributed by atoms with Crippen LogP contribution in [0.25, 0.3) is 11.0 Å². The topological polar surface area (TPSA) is 75.2 Å². The van der Waals surface area contributed by atoms with Gasteiger partial charge in [0.25, 0.3) is 0 Å². The standard InChI is InChI=1S/C11H12N2O3/c1-6-3-8-10(13-11(6)16-2)7(5-12-8)4-9(14)15/h3,5,12H,4H2,1-2H3,(H,14,15). The summed E-state index contributed by atoms with van der Waals surface area (Å²) in [6.45, 7) is 1.89. The first kappa shape index (κ1) is 10.5. The Morgan fingerprint density at radius 3 is 3.00 bits per heavy atom. The predicted octanol–water partition coefficient (Wildman–Crippen LogP) is 1.51. The molecule has 2 N–H and O–H groups in total. The number of ether oxygens (including phenoxy) is 1. The van der Waals surface area contributed by atoms with Crippen LogP contribution in [0, 0.1) is 6.92 Å². The number of hydrogen-bond donors (Lipinski definition) is 2. The highest BCUT2D eigenvalue weighted by Gasteiger charge is 2.11. The molecule has 2 rings (SSSR count). The number of aryl methyl sites for hydroxylation is 1. The van der Waals surface area contributed by atoms with E-state index in [0.29, 0.717) is 17.0 Å². The van der Waals surface area contributed by atoms with Crippen LogP contribution >= 0.6 is 0 Å². The Morgan fingerprint density at radius 1 is 1.62 bits per heavy atom. The van der Waals surface area contributed by atoms with E-state index in [2.05, 4.69) is 9.97 Å². The molecule has 0 amide bonds. The molecule has 0 aliphatic heterocycles. The summed E-state index contributed by atoms with van der Waals surface area (Å²) < 4.78 is 5.11. The van der Waals surface area contributed by atoms with Crippen LogP contribution in [-0.4, -0.2) is 28.2 Å². The number of rotatable bonds is 3. The Balaban J connectivity index is 2.57. The predicted molar refractivity (Wildman–Crippen MR) is 58.7 cm³/mol. The molecule has 0 unspecified atom stereocenters. The van der Waals surface area contributed by atoms with Crippen LogP contribution in [0.5, 0.6) is 5.88 Å². The van der Waals surface area contributed by atoms with E-state index in [4.69, 9.17) is 9.84 Å². The van der Waals surface area contributed by atoms with E-state index in [0.717, 1.165) is 11.1 Å². The van der Waals surface area contributed by atoms with Gasteiger partial charge in [0.05, 0.1) is 24.6 Å². The fourth-order valence-electron chi connectivity index (χ4n) is 1.69. The number of nitrogens with zero attached hydrogens (tertiary/aromatic N) is 1. The van der Waals surface area contributed by atoms with Crippen molar-refractivity contribution in [3.8, 4) is 5.88 Å². The maximum absolute atomic E-state index is 10.7. The first-order chi connectivity index (χ1) is 7.61. The molecule has 2 aromatic heterocycles.